The zero-order valence-corrected chi connectivity index (χ0v) is 21.8. The normalized spacial score (nSPS) is 21.2. The minimum Gasteiger partial charge on any atom is -0.497 e. The Hall–Kier alpha value is -3.14. The number of carbonyl (C=O) groups is 1. The van der Waals surface area contributed by atoms with E-state index in [9.17, 15) is 9.59 Å². The molecular weight excluding hydrogens is 476 g/mol. The Bertz CT molecular complexity index is 1060. The molecular formula is C28H37N2O7+. The van der Waals surface area contributed by atoms with Gasteiger partial charge in [-0.25, -0.2) is 0 Å². The van der Waals surface area contributed by atoms with Crippen LogP contribution >= 0.6 is 0 Å². The molecule has 2 unspecified atom stereocenters. The molecule has 2 aliphatic rings. The van der Waals surface area contributed by atoms with E-state index < -0.39 is 0 Å². The van der Waals surface area contributed by atoms with Gasteiger partial charge < -0.3 is 33.4 Å². The maximum atomic E-state index is 12.5. The number of methoxy groups -OCH3 is 2. The second kappa shape index (κ2) is 12.9. The summed E-state index contributed by atoms with van der Waals surface area (Å²) in [4.78, 5) is 24.7. The highest BCUT2D eigenvalue weighted by molar-refractivity contribution is 5.97. The number of fused-ring (bicyclic) bond motifs is 1. The summed E-state index contributed by atoms with van der Waals surface area (Å²) in [6, 6.07) is 13.5. The van der Waals surface area contributed by atoms with Crippen molar-refractivity contribution in [3.05, 3.63) is 53.6 Å². The molecule has 2 aromatic rings. The first kappa shape index (κ1) is 26.9. The monoisotopic (exact) mass is 513 g/mol. The average molecular weight is 514 g/mol. The van der Waals surface area contributed by atoms with Crippen LogP contribution in [0, 0.1) is 0 Å². The molecule has 1 saturated heterocycles. The molecule has 4 rings (SSSR count). The molecule has 9 nitrogen and oxygen atoms in total. The maximum Gasteiger partial charge on any atom is 0.500 e. The molecule has 2 heterocycles. The van der Waals surface area contributed by atoms with Crippen LogP contribution in [-0.4, -0.2) is 75.9 Å². The molecule has 0 aromatic heterocycles. The van der Waals surface area contributed by atoms with Crippen molar-refractivity contribution in [3.8, 4) is 11.5 Å². The van der Waals surface area contributed by atoms with E-state index in [1.165, 1.54) is 0 Å². The van der Waals surface area contributed by atoms with E-state index in [0.29, 0.717) is 45.1 Å². The fraction of sp³-hybridized carbons (Fsp3) is 0.500. The lowest BCUT2D eigenvalue weighted by atomic mass is 9.84. The predicted octanol–water partition coefficient (Wildman–Crippen LogP) is 3.03. The number of hydrogen-bond donors (Lipinski definition) is 1. The highest BCUT2D eigenvalue weighted by Crippen LogP contribution is 2.35. The van der Waals surface area contributed by atoms with Gasteiger partial charge in [0.1, 0.15) is 11.5 Å². The van der Waals surface area contributed by atoms with Crippen LogP contribution in [0.4, 0.5) is 5.69 Å². The molecule has 0 bridgehead atoms. The number of nitrogens with one attached hydrogen (secondary N) is 1. The van der Waals surface area contributed by atoms with E-state index in [4.69, 9.17) is 23.7 Å². The lowest BCUT2D eigenvalue weighted by Gasteiger charge is -2.35. The summed E-state index contributed by atoms with van der Waals surface area (Å²) in [6.45, 7) is 4.38. The highest BCUT2D eigenvalue weighted by atomic mass is 16.5. The van der Waals surface area contributed by atoms with E-state index in [2.05, 4.69) is 5.32 Å². The van der Waals surface area contributed by atoms with Crippen molar-refractivity contribution in [1.82, 2.24) is 5.32 Å². The average Bonchev–Trinajstić information content (AvgIpc) is 2.93. The third-order valence-corrected chi connectivity index (χ3v) is 6.80. The molecule has 1 fully saturated rings. The smallest absolute Gasteiger partial charge is 0.497 e. The van der Waals surface area contributed by atoms with Crippen LogP contribution in [0.25, 0.3) is 0 Å². The summed E-state index contributed by atoms with van der Waals surface area (Å²) >= 11 is 0. The van der Waals surface area contributed by atoms with Gasteiger partial charge in [0.2, 0.25) is 0 Å². The molecule has 2 aromatic carbocycles. The van der Waals surface area contributed by atoms with Crippen LogP contribution in [0.5, 0.6) is 11.5 Å². The third kappa shape index (κ3) is 6.60. The highest BCUT2D eigenvalue weighted by Gasteiger charge is 2.39. The van der Waals surface area contributed by atoms with Gasteiger partial charge in [-0.2, -0.15) is 0 Å². The summed E-state index contributed by atoms with van der Waals surface area (Å²) in [5.74, 6) is 1.46. The van der Waals surface area contributed by atoms with Gasteiger partial charge >= 0.3 is 5.97 Å². The van der Waals surface area contributed by atoms with Crippen LogP contribution in [0.15, 0.2) is 42.5 Å². The first-order valence-electron chi connectivity index (χ1n) is 12.8. The van der Waals surface area contributed by atoms with Gasteiger partial charge in [-0.05, 0) is 55.2 Å². The van der Waals surface area contributed by atoms with E-state index in [1.807, 2.05) is 49.4 Å². The minimum absolute atomic E-state index is 0.00683. The number of nitrogens with zero attached hydrogens (tertiary/aromatic N) is 1. The van der Waals surface area contributed by atoms with Gasteiger partial charge in [-0.1, -0.05) is 18.2 Å². The Balaban J connectivity index is 1.49. The van der Waals surface area contributed by atoms with Crippen LogP contribution < -0.4 is 19.7 Å². The van der Waals surface area contributed by atoms with E-state index in [0.717, 1.165) is 29.0 Å². The Kier molecular flexibility index (Phi) is 9.38. The van der Waals surface area contributed by atoms with Crippen LogP contribution in [0.3, 0.4) is 0 Å². The second-order valence-electron chi connectivity index (χ2n) is 9.18. The number of ether oxygens (including phenoxy) is 5. The molecule has 0 aliphatic carbocycles. The number of benzene rings is 2. The Morgan fingerprint density at radius 2 is 2.00 bits per heavy atom. The topological polar surface area (TPSA) is 99.9 Å². The molecule has 0 radical (unpaired) electrons. The first-order chi connectivity index (χ1) is 18.0. The maximum absolute atomic E-state index is 12.5. The second-order valence-corrected chi connectivity index (χ2v) is 9.18. The van der Waals surface area contributed by atoms with Gasteiger partial charge in [0.05, 0.1) is 25.5 Å². The van der Waals surface area contributed by atoms with Gasteiger partial charge in [0, 0.05) is 32.7 Å². The lowest BCUT2D eigenvalue weighted by molar-refractivity contribution is -0.121. The van der Waals surface area contributed by atoms with Crippen molar-refractivity contribution in [1.29, 1.82) is 0 Å². The molecule has 2 N–H and O–H groups in total. The number of amides is 1. The van der Waals surface area contributed by atoms with Gasteiger partial charge in [-0.15, -0.1) is 0 Å². The van der Waals surface area contributed by atoms with Crippen LogP contribution in [0.2, 0.25) is 0 Å². The summed E-state index contributed by atoms with van der Waals surface area (Å²) in [7, 11) is 3.30. The van der Waals surface area contributed by atoms with Crippen molar-refractivity contribution in [3.63, 3.8) is 0 Å². The fourth-order valence-electron chi connectivity index (χ4n) is 4.86. The standard InChI is InChI=1S/C28H36N2O7/c1-4-35-28(32)23-15-22(20-7-9-21(34-3)10-8-20)26(16-29-23)36-17-19-6-11-25-24(14-19)30(12-5-13-33-2)27(31)18-37-25/h6-11,14,22-23,26,29H,4-5,12-13,15-18H2,1-3H3/p+1/t22?,23?,26-/m0/s1. The predicted molar refractivity (Wildman–Crippen MR) is 140 cm³/mol. The quantitative estimate of drug-likeness (QED) is 0.280. The van der Waals surface area contributed by atoms with Crippen LogP contribution in [0.1, 0.15) is 36.8 Å². The molecule has 37 heavy (non-hydrogen) atoms. The van der Waals surface area contributed by atoms with Crippen molar-refractivity contribution in [2.45, 2.75) is 44.4 Å². The minimum atomic E-state index is -0.278. The third-order valence-electron chi connectivity index (χ3n) is 6.80. The molecule has 0 saturated carbocycles. The summed E-state index contributed by atoms with van der Waals surface area (Å²) in [6.07, 6.45) is 1.24. The van der Waals surface area contributed by atoms with Gasteiger partial charge in [0.25, 0.3) is 5.91 Å². The summed E-state index contributed by atoms with van der Waals surface area (Å²) < 4.78 is 27.9. The molecule has 1 amide bonds. The zero-order chi connectivity index (χ0) is 26.2. The molecule has 200 valence electrons. The number of esters is 1. The number of hydrogen-bond acceptors (Lipinski definition) is 7. The molecule has 9 heteroatoms. The number of rotatable bonds is 11. The van der Waals surface area contributed by atoms with Crippen molar-refractivity contribution >= 4 is 17.6 Å². The first-order valence-corrected chi connectivity index (χ1v) is 12.8. The Labute approximate surface area is 218 Å². The van der Waals surface area contributed by atoms with Crippen molar-refractivity contribution in [2.24, 2.45) is 0 Å². The molecule has 3 atom stereocenters. The van der Waals surface area contributed by atoms with Gasteiger partial charge in [0.15, 0.2) is 19.3 Å². The van der Waals surface area contributed by atoms with Gasteiger partial charge in [-0.3, -0.25) is 10.1 Å². The van der Waals surface area contributed by atoms with Crippen molar-refractivity contribution < 1.29 is 33.3 Å². The van der Waals surface area contributed by atoms with E-state index in [-0.39, 0.29) is 36.5 Å². The number of carbonyl (C=O) groups excluding carboxylic acids is 2. The summed E-state index contributed by atoms with van der Waals surface area (Å²) in [5.41, 5.74) is 2.82. The van der Waals surface area contributed by atoms with E-state index in [1.54, 1.807) is 19.1 Å². The SMILES string of the molecule is CCOC(=[OH+])C1CC(c2ccc(OC)cc2)[C@@H](OCc2ccc3c(c2)N(CCCOC)C(=O)CO3)CN1. The largest absolute Gasteiger partial charge is 0.500 e. The summed E-state index contributed by atoms with van der Waals surface area (Å²) in [5, 5.41) is 3.36. The van der Waals surface area contributed by atoms with Crippen LogP contribution in [-0.2, 0) is 25.6 Å². The fourth-order valence-corrected chi connectivity index (χ4v) is 4.86. The Morgan fingerprint density at radius 1 is 1.19 bits per heavy atom. The Morgan fingerprint density at radius 3 is 2.73 bits per heavy atom. The van der Waals surface area contributed by atoms with Crippen molar-refractivity contribution in [2.75, 3.05) is 52.0 Å². The lowest BCUT2D eigenvalue weighted by Crippen LogP contribution is -2.51. The number of piperidine rings is 1. The molecule has 2 aliphatic heterocycles. The molecule has 0 spiro atoms. The number of anilines is 1. The van der Waals surface area contributed by atoms with E-state index >= 15 is 0 Å². The zero-order valence-electron chi connectivity index (χ0n) is 21.8.